The molecule has 2 aliphatic heterocycles. The standard InChI is InChI=1S/C14H28N2OS2/c1-17-6-2-4-16-5-3-13(10-16)9-15-14-11-18-7-8-19-12-14/h13-15H,2-12H2,1H3. The average molecular weight is 305 g/mol. The van der Waals surface area contributed by atoms with Gasteiger partial charge in [-0.15, -0.1) is 0 Å². The minimum absolute atomic E-state index is 0.736. The molecule has 112 valence electrons. The first-order valence-electron chi connectivity index (χ1n) is 7.48. The summed E-state index contributed by atoms with van der Waals surface area (Å²) in [5, 5.41) is 3.80. The molecule has 2 aliphatic rings. The Morgan fingerprint density at radius 2 is 2.05 bits per heavy atom. The Labute approximate surface area is 126 Å². The van der Waals surface area contributed by atoms with Crippen LogP contribution in [0.5, 0.6) is 0 Å². The fourth-order valence-corrected chi connectivity index (χ4v) is 5.25. The van der Waals surface area contributed by atoms with Gasteiger partial charge in [0.05, 0.1) is 0 Å². The minimum atomic E-state index is 0.736. The van der Waals surface area contributed by atoms with Crippen LogP contribution in [-0.4, -0.2) is 73.8 Å². The Kier molecular flexibility index (Phi) is 7.98. The van der Waals surface area contributed by atoms with Gasteiger partial charge in [0.15, 0.2) is 0 Å². The first kappa shape index (κ1) is 16.0. The van der Waals surface area contributed by atoms with Gasteiger partial charge in [0.25, 0.3) is 0 Å². The summed E-state index contributed by atoms with van der Waals surface area (Å²) in [6.07, 6.45) is 2.54. The second-order valence-electron chi connectivity index (χ2n) is 5.56. The molecule has 0 radical (unpaired) electrons. The Hall–Kier alpha value is 0.580. The van der Waals surface area contributed by atoms with E-state index < -0.39 is 0 Å². The zero-order valence-corrected chi connectivity index (χ0v) is 13.7. The van der Waals surface area contributed by atoms with E-state index in [0.29, 0.717) is 0 Å². The molecule has 0 aliphatic carbocycles. The third-order valence-electron chi connectivity index (χ3n) is 3.90. The van der Waals surface area contributed by atoms with Crippen LogP contribution in [0.4, 0.5) is 0 Å². The van der Waals surface area contributed by atoms with Crippen LogP contribution in [0.3, 0.4) is 0 Å². The minimum Gasteiger partial charge on any atom is -0.385 e. The van der Waals surface area contributed by atoms with Gasteiger partial charge in [-0.05, 0) is 31.8 Å². The zero-order valence-electron chi connectivity index (χ0n) is 12.1. The van der Waals surface area contributed by atoms with Crippen LogP contribution in [0.1, 0.15) is 12.8 Å². The highest BCUT2D eigenvalue weighted by Gasteiger charge is 2.23. The smallest absolute Gasteiger partial charge is 0.0474 e. The van der Waals surface area contributed by atoms with Crippen LogP contribution in [0, 0.1) is 5.92 Å². The first-order valence-corrected chi connectivity index (χ1v) is 9.79. The number of nitrogens with zero attached hydrogens (tertiary/aromatic N) is 1. The molecule has 1 N–H and O–H groups in total. The maximum atomic E-state index is 5.12. The predicted octanol–water partition coefficient (Wildman–Crippen LogP) is 1.78. The van der Waals surface area contributed by atoms with Gasteiger partial charge in [-0.3, -0.25) is 0 Å². The molecule has 0 amide bonds. The fraction of sp³-hybridized carbons (Fsp3) is 1.00. The zero-order chi connectivity index (χ0) is 13.3. The van der Waals surface area contributed by atoms with E-state index in [1.165, 1.54) is 62.0 Å². The van der Waals surface area contributed by atoms with E-state index in [2.05, 4.69) is 33.7 Å². The summed E-state index contributed by atoms with van der Waals surface area (Å²) in [4.78, 5) is 2.60. The van der Waals surface area contributed by atoms with Crippen molar-refractivity contribution < 1.29 is 4.74 Å². The van der Waals surface area contributed by atoms with Crippen molar-refractivity contribution >= 4 is 23.5 Å². The lowest BCUT2D eigenvalue weighted by Gasteiger charge is -2.19. The molecular weight excluding hydrogens is 276 g/mol. The number of methoxy groups -OCH3 is 1. The number of nitrogens with one attached hydrogen (secondary N) is 1. The highest BCUT2D eigenvalue weighted by atomic mass is 32.2. The lowest BCUT2D eigenvalue weighted by molar-refractivity contribution is 0.178. The number of hydrogen-bond acceptors (Lipinski definition) is 5. The highest BCUT2D eigenvalue weighted by Crippen LogP contribution is 2.19. The molecule has 0 spiro atoms. The van der Waals surface area contributed by atoms with Crippen molar-refractivity contribution in [3.05, 3.63) is 0 Å². The van der Waals surface area contributed by atoms with Gasteiger partial charge in [-0.2, -0.15) is 23.5 Å². The van der Waals surface area contributed by atoms with Gasteiger partial charge < -0.3 is 15.0 Å². The summed E-state index contributed by atoms with van der Waals surface area (Å²) in [5.41, 5.74) is 0. The quantitative estimate of drug-likeness (QED) is 0.723. The van der Waals surface area contributed by atoms with Gasteiger partial charge in [0, 0.05) is 55.9 Å². The van der Waals surface area contributed by atoms with Crippen LogP contribution in [-0.2, 0) is 4.74 Å². The van der Waals surface area contributed by atoms with Gasteiger partial charge >= 0.3 is 0 Å². The van der Waals surface area contributed by atoms with Crippen molar-refractivity contribution in [2.24, 2.45) is 5.92 Å². The molecule has 5 heteroatoms. The van der Waals surface area contributed by atoms with E-state index >= 15 is 0 Å². The monoisotopic (exact) mass is 304 g/mol. The molecule has 0 aromatic rings. The van der Waals surface area contributed by atoms with Gasteiger partial charge in [0.2, 0.25) is 0 Å². The van der Waals surface area contributed by atoms with Crippen molar-refractivity contribution in [2.75, 3.05) is 62.9 Å². The number of hydrogen-bond donors (Lipinski definition) is 1. The van der Waals surface area contributed by atoms with Gasteiger partial charge in [0.1, 0.15) is 0 Å². The molecule has 19 heavy (non-hydrogen) atoms. The Bertz CT molecular complexity index is 235. The Balaban J connectivity index is 1.56. The third-order valence-corrected chi connectivity index (χ3v) is 6.42. The fourth-order valence-electron chi connectivity index (χ4n) is 2.78. The van der Waals surface area contributed by atoms with Crippen LogP contribution in [0.25, 0.3) is 0 Å². The molecule has 0 saturated carbocycles. The van der Waals surface area contributed by atoms with E-state index in [0.717, 1.165) is 18.6 Å². The second kappa shape index (κ2) is 9.50. The third kappa shape index (κ3) is 6.25. The average Bonchev–Trinajstić information content (AvgIpc) is 2.71. The molecule has 2 fully saturated rings. The predicted molar refractivity (Wildman–Crippen MR) is 87.5 cm³/mol. The number of thioether (sulfide) groups is 2. The number of rotatable bonds is 7. The summed E-state index contributed by atoms with van der Waals surface area (Å²) in [7, 11) is 1.79. The second-order valence-corrected chi connectivity index (χ2v) is 7.86. The summed E-state index contributed by atoms with van der Waals surface area (Å²) < 4.78 is 5.12. The Morgan fingerprint density at radius 3 is 2.79 bits per heavy atom. The first-order chi connectivity index (χ1) is 9.38. The summed E-state index contributed by atoms with van der Waals surface area (Å²) in [6, 6.07) is 0.736. The maximum absolute atomic E-state index is 5.12. The summed E-state index contributed by atoms with van der Waals surface area (Å²) in [5.74, 6) is 6.13. The largest absolute Gasteiger partial charge is 0.385 e. The van der Waals surface area contributed by atoms with E-state index in [4.69, 9.17) is 4.74 Å². The molecule has 1 atom stereocenters. The van der Waals surface area contributed by atoms with E-state index in [-0.39, 0.29) is 0 Å². The highest BCUT2D eigenvalue weighted by molar-refractivity contribution is 8.03. The van der Waals surface area contributed by atoms with Gasteiger partial charge in [-0.25, -0.2) is 0 Å². The van der Waals surface area contributed by atoms with Crippen LogP contribution in [0.15, 0.2) is 0 Å². The van der Waals surface area contributed by atoms with Crippen molar-refractivity contribution in [3.63, 3.8) is 0 Å². The van der Waals surface area contributed by atoms with Crippen LogP contribution >= 0.6 is 23.5 Å². The Morgan fingerprint density at radius 1 is 1.26 bits per heavy atom. The molecule has 0 aromatic carbocycles. The van der Waals surface area contributed by atoms with Crippen molar-refractivity contribution in [3.8, 4) is 0 Å². The van der Waals surface area contributed by atoms with E-state index in [9.17, 15) is 0 Å². The van der Waals surface area contributed by atoms with E-state index in [1.54, 1.807) is 7.11 Å². The molecule has 3 nitrogen and oxygen atoms in total. The normalized spacial score (nSPS) is 26.7. The topological polar surface area (TPSA) is 24.5 Å². The van der Waals surface area contributed by atoms with Crippen molar-refractivity contribution in [2.45, 2.75) is 18.9 Å². The van der Waals surface area contributed by atoms with Crippen molar-refractivity contribution in [1.29, 1.82) is 0 Å². The lowest BCUT2D eigenvalue weighted by atomic mass is 10.1. The molecule has 0 aromatic heterocycles. The van der Waals surface area contributed by atoms with E-state index in [1.807, 2.05) is 0 Å². The number of likely N-dealkylation sites (tertiary alicyclic amines) is 1. The van der Waals surface area contributed by atoms with Crippen LogP contribution in [0.2, 0.25) is 0 Å². The molecule has 2 rings (SSSR count). The number of ether oxygens (including phenoxy) is 1. The van der Waals surface area contributed by atoms with Crippen molar-refractivity contribution in [1.82, 2.24) is 10.2 Å². The molecule has 2 saturated heterocycles. The molecular formula is C14H28N2OS2. The summed E-state index contributed by atoms with van der Waals surface area (Å²) in [6.45, 7) is 5.88. The maximum Gasteiger partial charge on any atom is 0.0474 e. The molecule has 0 bridgehead atoms. The van der Waals surface area contributed by atoms with Gasteiger partial charge in [-0.1, -0.05) is 0 Å². The van der Waals surface area contributed by atoms with Crippen LogP contribution < -0.4 is 5.32 Å². The lowest BCUT2D eigenvalue weighted by Crippen LogP contribution is -2.37. The summed E-state index contributed by atoms with van der Waals surface area (Å²) >= 11 is 4.23. The molecule has 2 heterocycles. The SMILES string of the molecule is COCCCN1CCC(CNC2CSCCSC2)C1. The molecule has 1 unspecified atom stereocenters.